The average molecular weight is 216 g/mol. The first-order chi connectivity index (χ1) is 7.75. The molecule has 3 rings (SSSR count). The molecule has 0 atom stereocenters. The highest BCUT2D eigenvalue weighted by Crippen LogP contribution is 2.44. The molecule has 2 aliphatic rings. The van der Waals surface area contributed by atoms with Crippen LogP contribution in [-0.4, -0.2) is 20.1 Å². The molecule has 2 nitrogen and oxygen atoms in total. The lowest BCUT2D eigenvalue weighted by molar-refractivity contribution is 0.253. The van der Waals surface area contributed by atoms with Crippen molar-refractivity contribution in [2.75, 3.05) is 25.0 Å². The van der Waals surface area contributed by atoms with E-state index in [0.29, 0.717) is 5.41 Å². The van der Waals surface area contributed by atoms with Crippen LogP contribution in [-0.2, 0) is 11.8 Å². The number of nitrogens with two attached hydrogens (primary N) is 1. The lowest BCUT2D eigenvalue weighted by Gasteiger charge is -2.41. The first-order valence-electron chi connectivity index (χ1n) is 6.30. The fourth-order valence-corrected chi connectivity index (χ4v) is 3.11. The van der Waals surface area contributed by atoms with E-state index in [9.17, 15) is 0 Å². The number of likely N-dealkylation sites (N-methyl/N-ethyl adjacent to an activating group) is 1. The predicted molar refractivity (Wildman–Crippen MR) is 68.0 cm³/mol. The summed E-state index contributed by atoms with van der Waals surface area (Å²) in [5.74, 6) is 0. The van der Waals surface area contributed by atoms with Crippen LogP contribution in [0.2, 0.25) is 0 Å². The Bertz CT molecular complexity index is 402. The Labute approximate surface area is 97.4 Å². The number of fused-ring (bicyclic) bond motifs is 1. The Kier molecular flexibility index (Phi) is 2.21. The van der Waals surface area contributed by atoms with Crippen molar-refractivity contribution in [3.05, 3.63) is 29.3 Å². The van der Waals surface area contributed by atoms with Crippen molar-refractivity contribution >= 4 is 5.69 Å². The van der Waals surface area contributed by atoms with Crippen molar-refractivity contribution < 1.29 is 0 Å². The van der Waals surface area contributed by atoms with Crippen LogP contribution in [0, 0.1) is 0 Å². The van der Waals surface area contributed by atoms with Crippen molar-refractivity contribution in [1.29, 1.82) is 0 Å². The number of anilines is 1. The molecule has 16 heavy (non-hydrogen) atoms. The Morgan fingerprint density at radius 3 is 2.81 bits per heavy atom. The molecule has 0 radical (unpaired) electrons. The van der Waals surface area contributed by atoms with Crippen LogP contribution in [0.5, 0.6) is 0 Å². The maximum absolute atomic E-state index is 5.96. The fourth-order valence-electron chi connectivity index (χ4n) is 3.11. The lowest BCUT2D eigenvalue weighted by Crippen LogP contribution is -2.41. The molecule has 1 saturated carbocycles. The van der Waals surface area contributed by atoms with Gasteiger partial charge in [-0.3, -0.25) is 0 Å². The summed E-state index contributed by atoms with van der Waals surface area (Å²) in [5.41, 5.74) is 10.7. The zero-order chi connectivity index (χ0) is 11.2. The number of nitrogens with zero attached hydrogens (tertiary/aromatic N) is 1. The second-order valence-corrected chi connectivity index (χ2v) is 5.35. The molecule has 0 aromatic heterocycles. The zero-order valence-corrected chi connectivity index (χ0v) is 10.00. The van der Waals surface area contributed by atoms with E-state index in [1.807, 2.05) is 0 Å². The number of rotatable bonds is 2. The van der Waals surface area contributed by atoms with E-state index >= 15 is 0 Å². The molecule has 86 valence electrons. The first kappa shape index (κ1) is 10.2. The quantitative estimate of drug-likeness (QED) is 0.820. The van der Waals surface area contributed by atoms with Gasteiger partial charge in [0.05, 0.1) is 0 Å². The standard InChI is InChI=1S/C14H20N2/c1-16-8-5-11-9-12(3-4-13(11)16)14(10-15)6-2-7-14/h3-4,9H,2,5-8,10,15H2,1H3. The number of benzene rings is 1. The third kappa shape index (κ3) is 1.29. The summed E-state index contributed by atoms with van der Waals surface area (Å²) in [4.78, 5) is 2.34. The molecule has 0 spiro atoms. The van der Waals surface area contributed by atoms with Gasteiger partial charge in [0, 0.05) is 31.2 Å². The lowest BCUT2D eigenvalue weighted by atomic mass is 9.64. The molecular weight excluding hydrogens is 196 g/mol. The van der Waals surface area contributed by atoms with Crippen molar-refractivity contribution in [1.82, 2.24) is 0 Å². The van der Waals surface area contributed by atoms with Crippen LogP contribution in [0.25, 0.3) is 0 Å². The average Bonchev–Trinajstić information content (AvgIpc) is 2.60. The Morgan fingerprint density at radius 1 is 1.38 bits per heavy atom. The summed E-state index contributed by atoms with van der Waals surface area (Å²) in [5, 5.41) is 0. The van der Waals surface area contributed by atoms with Crippen LogP contribution < -0.4 is 10.6 Å². The van der Waals surface area contributed by atoms with Gasteiger partial charge in [-0.1, -0.05) is 18.6 Å². The van der Waals surface area contributed by atoms with Gasteiger partial charge in [0.15, 0.2) is 0 Å². The Morgan fingerprint density at radius 2 is 2.19 bits per heavy atom. The Balaban J connectivity index is 1.98. The fraction of sp³-hybridized carbons (Fsp3) is 0.571. The molecule has 2 heteroatoms. The molecule has 1 aliphatic carbocycles. The van der Waals surface area contributed by atoms with Crippen molar-refractivity contribution in [3.8, 4) is 0 Å². The van der Waals surface area contributed by atoms with E-state index < -0.39 is 0 Å². The third-order valence-electron chi connectivity index (χ3n) is 4.52. The van der Waals surface area contributed by atoms with E-state index in [0.717, 1.165) is 13.1 Å². The van der Waals surface area contributed by atoms with Gasteiger partial charge < -0.3 is 10.6 Å². The van der Waals surface area contributed by atoms with E-state index in [1.54, 1.807) is 0 Å². The molecule has 1 aromatic carbocycles. The highest BCUT2D eigenvalue weighted by Gasteiger charge is 2.37. The summed E-state index contributed by atoms with van der Waals surface area (Å²) >= 11 is 0. The number of hydrogen-bond acceptors (Lipinski definition) is 2. The van der Waals surface area contributed by atoms with E-state index in [1.165, 1.54) is 42.5 Å². The maximum atomic E-state index is 5.96. The molecule has 1 heterocycles. The largest absolute Gasteiger partial charge is 0.374 e. The summed E-state index contributed by atoms with van der Waals surface area (Å²) in [6.45, 7) is 1.97. The van der Waals surface area contributed by atoms with Crippen molar-refractivity contribution in [2.45, 2.75) is 31.1 Å². The minimum Gasteiger partial charge on any atom is -0.374 e. The normalized spacial score (nSPS) is 21.8. The van der Waals surface area contributed by atoms with Gasteiger partial charge in [0.25, 0.3) is 0 Å². The van der Waals surface area contributed by atoms with E-state index in [2.05, 4.69) is 30.1 Å². The molecule has 0 bridgehead atoms. The smallest absolute Gasteiger partial charge is 0.0397 e. The predicted octanol–water partition coefficient (Wildman–Crippen LogP) is 2.06. The SMILES string of the molecule is CN1CCc2cc(C3(CN)CCC3)ccc21. The highest BCUT2D eigenvalue weighted by molar-refractivity contribution is 5.59. The molecule has 0 unspecified atom stereocenters. The first-order valence-corrected chi connectivity index (χ1v) is 6.30. The van der Waals surface area contributed by atoms with Gasteiger partial charge in [-0.2, -0.15) is 0 Å². The van der Waals surface area contributed by atoms with Gasteiger partial charge in [-0.25, -0.2) is 0 Å². The van der Waals surface area contributed by atoms with Crippen LogP contribution in [0.1, 0.15) is 30.4 Å². The van der Waals surface area contributed by atoms with Crippen LogP contribution in [0.3, 0.4) is 0 Å². The Hall–Kier alpha value is -1.02. The zero-order valence-electron chi connectivity index (χ0n) is 10.00. The maximum Gasteiger partial charge on any atom is 0.0397 e. The van der Waals surface area contributed by atoms with E-state index in [-0.39, 0.29) is 0 Å². The second kappa shape index (κ2) is 3.49. The van der Waals surface area contributed by atoms with Gasteiger partial charge in [0.1, 0.15) is 0 Å². The van der Waals surface area contributed by atoms with Crippen molar-refractivity contribution in [2.24, 2.45) is 5.73 Å². The van der Waals surface area contributed by atoms with Gasteiger partial charge >= 0.3 is 0 Å². The van der Waals surface area contributed by atoms with Crippen LogP contribution >= 0.6 is 0 Å². The number of hydrogen-bond donors (Lipinski definition) is 1. The topological polar surface area (TPSA) is 29.3 Å². The summed E-state index contributed by atoms with van der Waals surface area (Å²) in [6.07, 6.45) is 5.09. The van der Waals surface area contributed by atoms with Crippen LogP contribution in [0.4, 0.5) is 5.69 Å². The van der Waals surface area contributed by atoms with Crippen molar-refractivity contribution in [3.63, 3.8) is 0 Å². The second-order valence-electron chi connectivity index (χ2n) is 5.35. The van der Waals surface area contributed by atoms with E-state index in [4.69, 9.17) is 5.73 Å². The minimum atomic E-state index is 0.316. The van der Waals surface area contributed by atoms with Crippen LogP contribution in [0.15, 0.2) is 18.2 Å². The van der Waals surface area contributed by atoms with Gasteiger partial charge in [0.2, 0.25) is 0 Å². The summed E-state index contributed by atoms with van der Waals surface area (Å²) in [6, 6.07) is 6.99. The third-order valence-corrected chi connectivity index (χ3v) is 4.52. The summed E-state index contributed by atoms with van der Waals surface area (Å²) < 4.78 is 0. The molecule has 1 fully saturated rings. The molecule has 2 N–H and O–H groups in total. The monoisotopic (exact) mass is 216 g/mol. The molecule has 1 aromatic rings. The molecule has 0 amide bonds. The minimum absolute atomic E-state index is 0.316. The molecular formula is C14H20N2. The molecule has 0 saturated heterocycles. The van der Waals surface area contributed by atoms with Gasteiger partial charge in [-0.05, 0) is 36.5 Å². The molecule has 1 aliphatic heterocycles. The van der Waals surface area contributed by atoms with Gasteiger partial charge in [-0.15, -0.1) is 0 Å². The highest BCUT2D eigenvalue weighted by atomic mass is 15.1. The summed E-state index contributed by atoms with van der Waals surface area (Å²) in [7, 11) is 2.17.